The summed E-state index contributed by atoms with van der Waals surface area (Å²) < 4.78 is 0. The van der Waals surface area contributed by atoms with Gasteiger partial charge in [-0.05, 0) is 65.6 Å². The van der Waals surface area contributed by atoms with E-state index in [1.165, 1.54) is 11.1 Å². The van der Waals surface area contributed by atoms with Gasteiger partial charge in [-0.2, -0.15) is 0 Å². The van der Waals surface area contributed by atoms with E-state index in [1.54, 1.807) is 19.1 Å². The highest BCUT2D eigenvalue weighted by Gasteiger charge is 2.46. The zero-order valence-corrected chi connectivity index (χ0v) is 24.8. The molecule has 0 radical (unpaired) electrons. The molecular weight excluding hydrogens is 548 g/mol. The molecule has 0 saturated carbocycles. The molecule has 0 aromatic heterocycles. The van der Waals surface area contributed by atoms with Gasteiger partial charge in [0.05, 0.1) is 6.04 Å². The molecule has 3 aromatic rings. The van der Waals surface area contributed by atoms with E-state index in [0.29, 0.717) is 37.5 Å². The highest BCUT2D eigenvalue weighted by Crippen LogP contribution is 2.50. The van der Waals surface area contributed by atoms with Crippen LogP contribution in [0.3, 0.4) is 0 Å². The molecule has 2 unspecified atom stereocenters. The number of rotatable bonds is 9. The van der Waals surface area contributed by atoms with Crippen LogP contribution in [0.1, 0.15) is 66.5 Å². The Kier molecular flexibility index (Phi) is 9.29. The van der Waals surface area contributed by atoms with Crippen molar-refractivity contribution >= 4 is 29.3 Å². The molecule has 42 heavy (non-hydrogen) atoms. The second-order valence-electron chi connectivity index (χ2n) is 11.6. The van der Waals surface area contributed by atoms with Crippen LogP contribution in [0.25, 0.3) is 0 Å². The third kappa shape index (κ3) is 6.69. The summed E-state index contributed by atoms with van der Waals surface area (Å²) in [5.41, 5.74) is 11.3. The zero-order valence-electron chi connectivity index (χ0n) is 24.1. The largest absolute Gasteiger partial charge is 0.349 e. The van der Waals surface area contributed by atoms with Crippen LogP contribution in [-0.4, -0.2) is 41.8 Å². The first-order valence-corrected chi connectivity index (χ1v) is 15.1. The lowest BCUT2D eigenvalue weighted by atomic mass is 9.73. The Hall–Kier alpha value is -3.68. The molecule has 5 rings (SSSR count). The Morgan fingerprint density at radius 3 is 2.33 bits per heavy atom. The van der Waals surface area contributed by atoms with Gasteiger partial charge in [0.15, 0.2) is 0 Å². The van der Waals surface area contributed by atoms with E-state index in [2.05, 4.69) is 28.8 Å². The quantitative estimate of drug-likeness (QED) is 0.341. The fourth-order valence-corrected chi connectivity index (χ4v) is 6.82. The van der Waals surface area contributed by atoms with Gasteiger partial charge < -0.3 is 21.3 Å². The van der Waals surface area contributed by atoms with Crippen LogP contribution in [-0.2, 0) is 39.2 Å². The normalized spacial score (nSPS) is 17.9. The fourth-order valence-electron chi connectivity index (χ4n) is 6.69. The second-order valence-corrected chi connectivity index (χ2v) is 12.0. The van der Waals surface area contributed by atoms with Gasteiger partial charge in [0.1, 0.15) is 6.04 Å². The molecule has 220 valence electrons. The number of nitrogens with two attached hydrogens (primary N) is 1. The fraction of sp³-hybridized carbons (Fsp3) is 0.382. The van der Waals surface area contributed by atoms with Gasteiger partial charge >= 0.3 is 0 Å². The first-order valence-electron chi connectivity index (χ1n) is 14.7. The summed E-state index contributed by atoms with van der Waals surface area (Å²) in [5, 5.41) is 6.80. The highest BCUT2D eigenvalue weighted by molar-refractivity contribution is 6.30. The van der Waals surface area contributed by atoms with Gasteiger partial charge in [-0.15, -0.1) is 0 Å². The molecule has 3 amide bonds. The number of likely N-dealkylation sites (tertiary alicyclic amines) is 1. The number of piperidine rings is 1. The van der Waals surface area contributed by atoms with Crippen LogP contribution in [0.15, 0.2) is 72.8 Å². The Bertz CT molecular complexity index is 1430. The standard InChI is InChI=1S/C34H39ClN4O3/c1-23(40)37-31-21-34(29-9-5-4-8-28(29)31)16-18-39(19-17-34)33(42)30(20-24-10-13-27(35)14-11-24)38-32(41)15-12-25-6-2-3-7-26(25)22-36/h2-11,13-14,30-31H,12,15-22,36H2,1H3,(H,37,40)(H,38,41). The van der Waals surface area contributed by atoms with E-state index in [9.17, 15) is 14.4 Å². The number of benzene rings is 3. The first kappa shape index (κ1) is 29.8. The van der Waals surface area contributed by atoms with Crippen molar-refractivity contribution in [3.8, 4) is 0 Å². The van der Waals surface area contributed by atoms with Crippen LogP contribution >= 0.6 is 11.6 Å². The summed E-state index contributed by atoms with van der Waals surface area (Å²) in [4.78, 5) is 40.9. The summed E-state index contributed by atoms with van der Waals surface area (Å²) in [6, 6.07) is 22.9. The van der Waals surface area contributed by atoms with Crippen LogP contribution in [0.5, 0.6) is 0 Å². The van der Waals surface area contributed by atoms with E-state index in [0.717, 1.165) is 36.0 Å². The lowest BCUT2D eigenvalue weighted by Gasteiger charge is -2.41. The smallest absolute Gasteiger partial charge is 0.245 e. The number of carbonyl (C=O) groups is 3. The van der Waals surface area contributed by atoms with Crippen LogP contribution in [0.4, 0.5) is 0 Å². The van der Waals surface area contributed by atoms with Crippen molar-refractivity contribution in [1.29, 1.82) is 0 Å². The molecule has 3 aromatic carbocycles. The highest BCUT2D eigenvalue weighted by atomic mass is 35.5. The molecule has 0 bridgehead atoms. The third-order valence-electron chi connectivity index (χ3n) is 8.86. The molecule has 8 heteroatoms. The van der Waals surface area contributed by atoms with Crippen LogP contribution in [0.2, 0.25) is 5.02 Å². The van der Waals surface area contributed by atoms with Crippen molar-refractivity contribution in [2.24, 2.45) is 5.73 Å². The number of nitrogens with one attached hydrogen (secondary N) is 2. The maximum absolute atomic E-state index is 14.0. The number of carbonyl (C=O) groups excluding carboxylic acids is 3. The molecule has 1 aliphatic heterocycles. The summed E-state index contributed by atoms with van der Waals surface area (Å²) >= 11 is 6.10. The van der Waals surface area contributed by atoms with E-state index in [4.69, 9.17) is 17.3 Å². The molecule has 2 aliphatic rings. The minimum absolute atomic E-state index is 0.0118. The van der Waals surface area contributed by atoms with Gasteiger partial charge in [0.2, 0.25) is 17.7 Å². The summed E-state index contributed by atoms with van der Waals surface area (Å²) in [5.74, 6) is -0.266. The molecule has 1 heterocycles. The van der Waals surface area contributed by atoms with Crippen molar-refractivity contribution in [2.45, 2.75) is 69.5 Å². The Morgan fingerprint density at radius 1 is 0.976 bits per heavy atom. The number of hydrogen-bond acceptors (Lipinski definition) is 4. The number of aryl methyl sites for hydroxylation is 1. The molecule has 1 saturated heterocycles. The van der Waals surface area contributed by atoms with Gasteiger partial charge in [-0.25, -0.2) is 0 Å². The predicted molar refractivity (Wildman–Crippen MR) is 165 cm³/mol. The number of hydrogen-bond donors (Lipinski definition) is 3. The van der Waals surface area contributed by atoms with Crippen molar-refractivity contribution in [1.82, 2.24) is 15.5 Å². The lowest BCUT2D eigenvalue weighted by molar-refractivity contribution is -0.137. The molecule has 1 aliphatic carbocycles. The summed E-state index contributed by atoms with van der Waals surface area (Å²) in [6.45, 7) is 3.16. The SMILES string of the molecule is CC(=O)NC1CC2(CCN(C(=O)C(Cc3ccc(Cl)cc3)NC(=O)CCc3ccccc3CN)CC2)c2ccccc21. The van der Waals surface area contributed by atoms with Crippen molar-refractivity contribution in [2.75, 3.05) is 13.1 Å². The van der Waals surface area contributed by atoms with Gasteiger partial charge in [0, 0.05) is 49.8 Å². The van der Waals surface area contributed by atoms with Gasteiger partial charge in [0.25, 0.3) is 0 Å². The Morgan fingerprint density at radius 2 is 1.64 bits per heavy atom. The van der Waals surface area contributed by atoms with Crippen molar-refractivity contribution < 1.29 is 14.4 Å². The zero-order chi connectivity index (χ0) is 29.7. The van der Waals surface area contributed by atoms with E-state index in [1.807, 2.05) is 47.4 Å². The first-order chi connectivity index (χ1) is 20.3. The molecular formula is C34H39ClN4O3. The number of fused-ring (bicyclic) bond motifs is 2. The molecule has 2 atom stereocenters. The summed E-state index contributed by atoms with van der Waals surface area (Å²) in [6.07, 6.45) is 3.67. The van der Waals surface area contributed by atoms with E-state index < -0.39 is 6.04 Å². The van der Waals surface area contributed by atoms with Crippen molar-refractivity contribution in [3.05, 3.63) is 106 Å². The number of amides is 3. The van der Waals surface area contributed by atoms with Gasteiger partial charge in [-0.1, -0.05) is 72.3 Å². The van der Waals surface area contributed by atoms with Crippen LogP contribution in [0, 0.1) is 0 Å². The molecule has 1 fully saturated rings. The molecule has 4 N–H and O–H groups in total. The minimum Gasteiger partial charge on any atom is -0.349 e. The monoisotopic (exact) mass is 586 g/mol. The predicted octanol–water partition coefficient (Wildman–Crippen LogP) is 4.60. The lowest BCUT2D eigenvalue weighted by Crippen LogP contribution is -2.53. The van der Waals surface area contributed by atoms with Crippen molar-refractivity contribution in [3.63, 3.8) is 0 Å². The average molecular weight is 587 g/mol. The van der Waals surface area contributed by atoms with Crippen LogP contribution < -0.4 is 16.4 Å². The molecule has 1 spiro atoms. The van der Waals surface area contributed by atoms with E-state index in [-0.39, 0.29) is 35.6 Å². The Labute approximate surface area is 252 Å². The number of nitrogens with zero attached hydrogens (tertiary/aromatic N) is 1. The summed E-state index contributed by atoms with van der Waals surface area (Å²) in [7, 11) is 0. The second kappa shape index (κ2) is 13.1. The minimum atomic E-state index is -0.680. The molecule has 7 nitrogen and oxygen atoms in total. The average Bonchev–Trinajstić information content (AvgIpc) is 3.28. The topological polar surface area (TPSA) is 105 Å². The van der Waals surface area contributed by atoms with E-state index >= 15 is 0 Å². The maximum atomic E-state index is 14.0. The maximum Gasteiger partial charge on any atom is 0.245 e. The number of halogens is 1. The Balaban J connectivity index is 1.28. The van der Waals surface area contributed by atoms with Gasteiger partial charge in [-0.3, -0.25) is 14.4 Å². The third-order valence-corrected chi connectivity index (χ3v) is 9.11.